The molecule has 0 bridgehead atoms. The monoisotopic (exact) mass is 213 g/mol. The van der Waals surface area contributed by atoms with E-state index in [1.807, 2.05) is 37.3 Å². The van der Waals surface area contributed by atoms with E-state index in [1.165, 1.54) is 0 Å². The Hall–Kier alpha value is -2.16. The van der Waals surface area contributed by atoms with Crippen molar-refractivity contribution in [1.29, 1.82) is 0 Å². The lowest BCUT2D eigenvalue weighted by Gasteiger charge is -2.09. The van der Waals surface area contributed by atoms with Crippen molar-refractivity contribution in [2.75, 3.05) is 17.2 Å². The van der Waals surface area contributed by atoms with E-state index >= 15 is 0 Å². The molecular formula is C13H15N3. The van der Waals surface area contributed by atoms with Gasteiger partial charge < -0.3 is 17.2 Å². The molecule has 6 N–H and O–H groups in total. The molecule has 0 aliphatic carbocycles. The first-order valence-electron chi connectivity index (χ1n) is 5.09. The molecule has 0 unspecified atom stereocenters. The van der Waals surface area contributed by atoms with Gasteiger partial charge in [0.15, 0.2) is 0 Å². The van der Waals surface area contributed by atoms with Crippen LogP contribution in [-0.4, -0.2) is 0 Å². The molecule has 2 aromatic rings. The van der Waals surface area contributed by atoms with Crippen molar-refractivity contribution >= 4 is 17.1 Å². The molecule has 0 saturated heterocycles. The first-order valence-corrected chi connectivity index (χ1v) is 5.09. The molecule has 3 heteroatoms. The van der Waals surface area contributed by atoms with Crippen LogP contribution in [0, 0.1) is 6.92 Å². The van der Waals surface area contributed by atoms with E-state index in [2.05, 4.69) is 0 Å². The predicted molar refractivity (Wildman–Crippen MR) is 69.9 cm³/mol. The number of anilines is 3. The fourth-order valence-electron chi connectivity index (χ4n) is 1.65. The molecule has 0 aliphatic rings. The van der Waals surface area contributed by atoms with E-state index in [9.17, 15) is 0 Å². The molecule has 2 aromatic carbocycles. The van der Waals surface area contributed by atoms with Gasteiger partial charge in [-0.25, -0.2) is 0 Å². The number of aryl methyl sites for hydroxylation is 1. The number of hydrogen-bond acceptors (Lipinski definition) is 3. The van der Waals surface area contributed by atoms with Gasteiger partial charge >= 0.3 is 0 Å². The molecule has 16 heavy (non-hydrogen) atoms. The van der Waals surface area contributed by atoms with Crippen molar-refractivity contribution in [1.82, 2.24) is 0 Å². The molecule has 0 amide bonds. The van der Waals surface area contributed by atoms with E-state index in [-0.39, 0.29) is 0 Å². The fraction of sp³-hybridized carbons (Fsp3) is 0.0769. The van der Waals surface area contributed by atoms with Gasteiger partial charge in [-0.1, -0.05) is 12.1 Å². The zero-order valence-electron chi connectivity index (χ0n) is 9.20. The van der Waals surface area contributed by atoms with Crippen molar-refractivity contribution in [3.63, 3.8) is 0 Å². The van der Waals surface area contributed by atoms with Gasteiger partial charge in [0, 0.05) is 22.6 Å². The van der Waals surface area contributed by atoms with E-state index in [4.69, 9.17) is 17.2 Å². The molecule has 0 fully saturated rings. The van der Waals surface area contributed by atoms with Crippen molar-refractivity contribution in [3.8, 4) is 11.1 Å². The lowest BCUT2D eigenvalue weighted by molar-refractivity contribution is 1.46. The topological polar surface area (TPSA) is 78.1 Å². The third-order valence-electron chi connectivity index (χ3n) is 2.66. The highest BCUT2D eigenvalue weighted by molar-refractivity contribution is 5.80. The van der Waals surface area contributed by atoms with E-state index < -0.39 is 0 Å². The lowest BCUT2D eigenvalue weighted by atomic mass is 10.0. The average Bonchev–Trinajstić information content (AvgIpc) is 2.25. The number of benzene rings is 2. The van der Waals surface area contributed by atoms with Crippen LogP contribution < -0.4 is 17.2 Å². The highest BCUT2D eigenvalue weighted by Gasteiger charge is 2.05. The summed E-state index contributed by atoms with van der Waals surface area (Å²) in [5, 5.41) is 0. The molecule has 2 rings (SSSR count). The number of nitrogens with two attached hydrogens (primary N) is 3. The van der Waals surface area contributed by atoms with Gasteiger partial charge in [-0.15, -0.1) is 0 Å². The van der Waals surface area contributed by atoms with Crippen LogP contribution in [0.4, 0.5) is 17.1 Å². The highest BCUT2D eigenvalue weighted by Crippen LogP contribution is 2.30. The Kier molecular flexibility index (Phi) is 2.44. The predicted octanol–water partition coefficient (Wildman–Crippen LogP) is 2.41. The van der Waals surface area contributed by atoms with Crippen LogP contribution in [0.25, 0.3) is 11.1 Å². The SMILES string of the molecule is Cc1cc(-c2ccc(N)cc2)c(N)cc1N. The quantitative estimate of drug-likeness (QED) is 0.636. The Morgan fingerprint density at radius 2 is 1.44 bits per heavy atom. The van der Waals surface area contributed by atoms with Crippen LogP contribution >= 0.6 is 0 Å². The van der Waals surface area contributed by atoms with Gasteiger partial charge in [0.2, 0.25) is 0 Å². The zero-order valence-corrected chi connectivity index (χ0v) is 9.20. The Balaban J connectivity index is 2.56. The molecule has 0 aliphatic heterocycles. The van der Waals surface area contributed by atoms with Gasteiger partial charge in [-0.3, -0.25) is 0 Å². The maximum absolute atomic E-state index is 5.95. The third kappa shape index (κ3) is 1.80. The summed E-state index contributed by atoms with van der Waals surface area (Å²) in [4.78, 5) is 0. The van der Waals surface area contributed by atoms with Gasteiger partial charge in [-0.2, -0.15) is 0 Å². The van der Waals surface area contributed by atoms with Gasteiger partial charge in [0.05, 0.1) is 0 Å². The first kappa shape index (κ1) is 10.4. The van der Waals surface area contributed by atoms with Gasteiger partial charge in [0.25, 0.3) is 0 Å². The Morgan fingerprint density at radius 1 is 0.812 bits per heavy atom. The number of rotatable bonds is 1. The van der Waals surface area contributed by atoms with Crippen LogP contribution in [0.5, 0.6) is 0 Å². The van der Waals surface area contributed by atoms with Gasteiger partial charge in [0.1, 0.15) is 0 Å². The smallest absolute Gasteiger partial charge is 0.0414 e. The summed E-state index contributed by atoms with van der Waals surface area (Å²) < 4.78 is 0. The lowest BCUT2D eigenvalue weighted by Crippen LogP contribution is -1.96. The largest absolute Gasteiger partial charge is 0.399 e. The van der Waals surface area contributed by atoms with Crippen molar-refractivity contribution in [2.24, 2.45) is 0 Å². The summed E-state index contributed by atoms with van der Waals surface area (Å²) in [6, 6.07) is 11.4. The normalized spacial score (nSPS) is 10.3. The maximum Gasteiger partial charge on any atom is 0.0414 e. The van der Waals surface area contributed by atoms with E-state index in [1.54, 1.807) is 6.07 Å². The van der Waals surface area contributed by atoms with Crippen molar-refractivity contribution < 1.29 is 0 Å². The van der Waals surface area contributed by atoms with Gasteiger partial charge in [-0.05, 0) is 42.3 Å². The first-order chi connectivity index (χ1) is 7.58. The molecule has 0 atom stereocenters. The van der Waals surface area contributed by atoms with Crippen LogP contribution in [0.3, 0.4) is 0 Å². The maximum atomic E-state index is 5.95. The summed E-state index contributed by atoms with van der Waals surface area (Å²) >= 11 is 0. The number of hydrogen-bond donors (Lipinski definition) is 3. The second-order valence-electron chi connectivity index (χ2n) is 3.92. The fourth-order valence-corrected chi connectivity index (χ4v) is 1.65. The Bertz CT molecular complexity index is 515. The third-order valence-corrected chi connectivity index (χ3v) is 2.66. The van der Waals surface area contributed by atoms with Crippen LogP contribution in [0.15, 0.2) is 36.4 Å². The summed E-state index contributed by atoms with van der Waals surface area (Å²) in [7, 11) is 0. The Labute approximate surface area is 94.9 Å². The standard InChI is InChI=1S/C13H15N3/c1-8-6-11(13(16)7-12(8)15)9-2-4-10(14)5-3-9/h2-7H,14-16H2,1H3. The van der Waals surface area contributed by atoms with Crippen LogP contribution in [-0.2, 0) is 0 Å². The molecule has 0 radical (unpaired) electrons. The second kappa shape index (κ2) is 3.77. The second-order valence-corrected chi connectivity index (χ2v) is 3.92. The molecule has 0 spiro atoms. The molecule has 3 nitrogen and oxygen atoms in total. The summed E-state index contributed by atoms with van der Waals surface area (Å²) in [5.41, 5.74) is 22.6. The molecule has 0 saturated carbocycles. The minimum atomic E-state index is 0.688. The summed E-state index contributed by atoms with van der Waals surface area (Å²) in [6.07, 6.45) is 0. The summed E-state index contributed by atoms with van der Waals surface area (Å²) in [6.45, 7) is 1.97. The summed E-state index contributed by atoms with van der Waals surface area (Å²) in [5.74, 6) is 0. The number of nitrogen functional groups attached to an aromatic ring is 3. The minimum absolute atomic E-state index is 0.688. The molecule has 82 valence electrons. The Morgan fingerprint density at radius 3 is 2.06 bits per heavy atom. The minimum Gasteiger partial charge on any atom is -0.399 e. The molecule has 0 heterocycles. The van der Waals surface area contributed by atoms with Crippen LogP contribution in [0.2, 0.25) is 0 Å². The molecule has 0 aromatic heterocycles. The van der Waals surface area contributed by atoms with Crippen molar-refractivity contribution in [3.05, 3.63) is 42.0 Å². The highest BCUT2D eigenvalue weighted by atomic mass is 14.6. The average molecular weight is 213 g/mol. The zero-order chi connectivity index (χ0) is 11.7. The van der Waals surface area contributed by atoms with Crippen molar-refractivity contribution in [2.45, 2.75) is 6.92 Å². The van der Waals surface area contributed by atoms with Crippen LogP contribution in [0.1, 0.15) is 5.56 Å². The van der Waals surface area contributed by atoms with E-state index in [0.717, 1.165) is 28.1 Å². The van der Waals surface area contributed by atoms with E-state index in [0.29, 0.717) is 5.69 Å². The molecular weight excluding hydrogens is 198 g/mol.